The van der Waals surface area contributed by atoms with E-state index < -0.39 is 17.2 Å². The lowest BCUT2D eigenvalue weighted by atomic mass is 9.58. The summed E-state index contributed by atoms with van der Waals surface area (Å²) in [6.07, 6.45) is 10.0. The Morgan fingerprint density at radius 1 is 1.20 bits per heavy atom. The molecule has 51 heavy (non-hydrogen) atoms. The molecular formula is C36H49B2N9O4. The number of pyridine rings is 1. The lowest BCUT2D eigenvalue weighted by molar-refractivity contribution is -0.126. The van der Waals surface area contributed by atoms with Crippen molar-refractivity contribution in [1.29, 1.82) is 0 Å². The number of hydrogen-bond donors (Lipinski definition) is 6. The second-order valence-corrected chi connectivity index (χ2v) is 12.7. The molecule has 2 aliphatic rings. The number of ether oxygens (including phenoxy) is 1. The van der Waals surface area contributed by atoms with Crippen molar-refractivity contribution in [2.75, 3.05) is 26.0 Å². The fourth-order valence-corrected chi connectivity index (χ4v) is 5.08. The molecule has 2 aromatic rings. The van der Waals surface area contributed by atoms with Gasteiger partial charge in [0.15, 0.2) is 5.84 Å². The van der Waals surface area contributed by atoms with E-state index in [0.717, 1.165) is 29.9 Å². The SMILES string of the molecule is CC1CC1.[B]C([B])(CCCC)N(Cc1cc(C)ccn1)C(=O)C1=NCC(c2c(C)ccc(NC(/C=C(\N)NC=O)=C(/N)C(=O)NC)c2OC)=CN1. The number of unbranched alkanes of at least 4 members (excludes halogenated alkanes) is 1. The molecule has 4 radical (unpaired) electrons. The number of nitrogens with one attached hydrogen (secondary N) is 4. The highest BCUT2D eigenvalue weighted by molar-refractivity contribution is 6.45. The van der Waals surface area contributed by atoms with Crippen molar-refractivity contribution in [2.45, 2.75) is 71.7 Å². The van der Waals surface area contributed by atoms with Crippen molar-refractivity contribution in [1.82, 2.24) is 25.8 Å². The summed E-state index contributed by atoms with van der Waals surface area (Å²) >= 11 is 0. The van der Waals surface area contributed by atoms with Gasteiger partial charge in [0.05, 0.1) is 53.0 Å². The summed E-state index contributed by atoms with van der Waals surface area (Å²) in [5.41, 5.74) is 16.2. The van der Waals surface area contributed by atoms with Gasteiger partial charge in [0.2, 0.25) is 6.41 Å². The highest BCUT2D eigenvalue weighted by Gasteiger charge is 2.33. The number of methoxy groups -OCH3 is 1. The Kier molecular flexibility index (Phi) is 14.7. The Morgan fingerprint density at radius 2 is 1.90 bits per heavy atom. The number of aryl methyl sites for hydroxylation is 2. The molecule has 1 aliphatic carbocycles. The predicted molar refractivity (Wildman–Crippen MR) is 203 cm³/mol. The van der Waals surface area contributed by atoms with Gasteiger partial charge in [-0.25, -0.2) is 0 Å². The average Bonchev–Trinajstić information content (AvgIpc) is 3.91. The third-order valence-corrected chi connectivity index (χ3v) is 8.28. The maximum atomic E-state index is 13.9. The van der Waals surface area contributed by atoms with Gasteiger partial charge in [-0.3, -0.25) is 24.4 Å². The van der Waals surface area contributed by atoms with Crippen LogP contribution in [0.1, 0.15) is 68.3 Å². The van der Waals surface area contributed by atoms with E-state index in [-0.39, 0.29) is 36.1 Å². The Morgan fingerprint density at radius 3 is 2.45 bits per heavy atom. The van der Waals surface area contributed by atoms with Crippen LogP contribution in [0, 0.1) is 19.8 Å². The summed E-state index contributed by atoms with van der Waals surface area (Å²) < 4.78 is 5.82. The summed E-state index contributed by atoms with van der Waals surface area (Å²) in [6, 6.07) is 7.34. The Labute approximate surface area is 303 Å². The molecule has 1 aromatic carbocycles. The molecule has 2 heterocycles. The number of nitrogens with two attached hydrogens (primary N) is 2. The van der Waals surface area contributed by atoms with E-state index >= 15 is 0 Å². The van der Waals surface area contributed by atoms with Gasteiger partial charge in [-0.2, -0.15) is 0 Å². The van der Waals surface area contributed by atoms with Crippen LogP contribution in [0.5, 0.6) is 5.75 Å². The van der Waals surface area contributed by atoms with Gasteiger partial charge in [-0.15, -0.1) is 0 Å². The van der Waals surface area contributed by atoms with Gasteiger partial charge in [0.25, 0.3) is 11.8 Å². The first kappa shape index (κ1) is 40.2. The zero-order chi connectivity index (χ0) is 37.7. The number of nitrogens with zero attached hydrogens (tertiary/aromatic N) is 3. The number of amidine groups is 1. The fourth-order valence-electron chi connectivity index (χ4n) is 5.08. The normalized spacial score (nSPS) is 14.7. The van der Waals surface area contributed by atoms with Gasteiger partial charge in [0, 0.05) is 36.7 Å². The first-order valence-corrected chi connectivity index (χ1v) is 16.9. The molecule has 0 saturated heterocycles. The number of likely N-dealkylation sites (N-methyl/N-ethyl adjacent to an activating group) is 1. The number of rotatable bonds is 15. The van der Waals surface area contributed by atoms with Gasteiger partial charge < -0.3 is 42.4 Å². The van der Waals surface area contributed by atoms with Crippen LogP contribution in [-0.2, 0) is 20.9 Å². The van der Waals surface area contributed by atoms with Crippen LogP contribution in [0.3, 0.4) is 0 Å². The molecule has 8 N–H and O–H groups in total. The molecule has 1 saturated carbocycles. The summed E-state index contributed by atoms with van der Waals surface area (Å²) in [6.45, 7) is 8.37. The largest absolute Gasteiger partial charge is 0.494 e. The Balaban J connectivity index is 0.00000163. The molecule has 15 heteroatoms. The van der Waals surface area contributed by atoms with Crippen molar-refractivity contribution in [3.8, 4) is 5.75 Å². The molecule has 3 amide bonds. The highest BCUT2D eigenvalue weighted by Crippen LogP contribution is 2.38. The fraction of sp³-hybridized carbons (Fsp3) is 0.417. The summed E-state index contributed by atoms with van der Waals surface area (Å²) in [7, 11) is 16.0. The summed E-state index contributed by atoms with van der Waals surface area (Å²) in [4.78, 5) is 47.5. The first-order valence-electron chi connectivity index (χ1n) is 16.9. The molecule has 1 aromatic heterocycles. The molecule has 0 atom stereocenters. The number of hydrogen-bond acceptors (Lipinski definition) is 10. The molecule has 0 bridgehead atoms. The number of aromatic nitrogens is 1. The van der Waals surface area contributed by atoms with Crippen LogP contribution in [0.2, 0.25) is 0 Å². The lowest BCUT2D eigenvalue weighted by Crippen LogP contribution is -2.56. The van der Waals surface area contributed by atoms with E-state index in [2.05, 4.69) is 38.2 Å². The van der Waals surface area contributed by atoms with E-state index in [4.69, 9.17) is 31.9 Å². The lowest BCUT2D eigenvalue weighted by Gasteiger charge is -2.40. The van der Waals surface area contributed by atoms with Crippen molar-refractivity contribution in [3.63, 3.8) is 0 Å². The van der Waals surface area contributed by atoms with Crippen LogP contribution in [0.4, 0.5) is 5.69 Å². The monoisotopic (exact) mass is 693 g/mol. The standard InChI is InChI=1S/C32H41B2N9O4.C4H8/c1-6-7-11-32(33,34)43(17-22-13-19(2)10-12-38-22)31(46)29-39-15-21(16-40-29)26-20(3)8-9-23(28(26)47-5)42-24(14-25(35)41-18-44)27(36)30(45)37-4;1-4-2-3-4/h8-10,12-15,18,42H,6-7,11,16-17,35-36H2,1-5H3,(H,37,45)(H,39,40)(H,41,44);4H,2-3H2,1H3/b25-14+,27-24+;. The Hall–Kier alpha value is -5.20. The third-order valence-electron chi connectivity index (χ3n) is 8.28. The zero-order valence-corrected chi connectivity index (χ0v) is 30.4. The van der Waals surface area contributed by atoms with E-state index in [9.17, 15) is 14.4 Å². The van der Waals surface area contributed by atoms with Crippen LogP contribution < -0.4 is 37.5 Å². The summed E-state index contributed by atoms with van der Waals surface area (Å²) in [5.74, 6) is 0.496. The van der Waals surface area contributed by atoms with E-state index in [0.29, 0.717) is 41.1 Å². The molecule has 0 spiro atoms. The number of anilines is 1. The minimum absolute atomic E-state index is 0.0488. The number of carbonyl (C=O) groups excluding carboxylic acids is 3. The quantitative estimate of drug-likeness (QED) is 0.0705. The number of aliphatic imine (C=N–C) groups is 1. The third kappa shape index (κ3) is 11.4. The molecule has 268 valence electrons. The minimum Gasteiger partial charge on any atom is -0.494 e. The van der Waals surface area contributed by atoms with Gasteiger partial charge >= 0.3 is 0 Å². The van der Waals surface area contributed by atoms with Crippen molar-refractivity contribution >= 4 is 51.0 Å². The van der Waals surface area contributed by atoms with Crippen LogP contribution in [0.25, 0.3) is 5.57 Å². The topological polar surface area (TPSA) is 189 Å². The Bertz CT molecular complexity index is 1700. The van der Waals surface area contributed by atoms with E-state index in [1.54, 1.807) is 18.5 Å². The average molecular weight is 693 g/mol. The van der Waals surface area contributed by atoms with E-state index in [1.807, 2.05) is 39.0 Å². The minimum atomic E-state index is -1.44. The van der Waals surface area contributed by atoms with E-state index in [1.165, 1.54) is 38.0 Å². The highest BCUT2D eigenvalue weighted by atomic mass is 16.5. The predicted octanol–water partition coefficient (Wildman–Crippen LogP) is 2.55. The van der Waals surface area contributed by atoms with Crippen LogP contribution >= 0.6 is 0 Å². The first-order chi connectivity index (χ1) is 24.3. The molecular weight excluding hydrogens is 644 g/mol. The molecule has 1 fully saturated rings. The van der Waals surface area contributed by atoms with Gasteiger partial charge in [0.1, 0.15) is 17.3 Å². The van der Waals surface area contributed by atoms with Crippen LogP contribution in [0.15, 0.2) is 64.9 Å². The maximum Gasteiger partial charge on any atom is 0.288 e. The second-order valence-electron chi connectivity index (χ2n) is 12.7. The zero-order valence-electron chi connectivity index (χ0n) is 30.4. The van der Waals surface area contributed by atoms with Crippen molar-refractivity contribution in [2.24, 2.45) is 22.4 Å². The summed E-state index contributed by atoms with van der Waals surface area (Å²) in [5, 5.41) is 9.46. The number of amides is 3. The molecule has 13 nitrogen and oxygen atoms in total. The smallest absolute Gasteiger partial charge is 0.288 e. The molecule has 4 rings (SSSR count). The van der Waals surface area contributed by atoms with Crippen LogP contribution in [-0.4, -0.2) is 75.7 Å². The maximum absolute atomic E-state index is 13.9. The van der Waals surface area contributed by atoms with Gasteiger partial charge in [-0.1, -0.05) is 45.6 Å². The molecule has 1 aliphatic heterocycles. The second kappa shape index (κ2) is 18.7. The molecule has 0 unspecified atom stereocenters. The number of carbonyl (C=O) groups is 3. The number of allylic oxidation sites excluding steroid dienone is 1. The van der Waals surface area contributed by atoms with Gasteiger partial charge in [-0.05, 0) is 60.8 Å². The number of benzene rings is 1. The van der Waals surface area contributed by atoms with Crippen molar-refractivity contribution in [3.05, 3.63) is 82.3 Å². The van der Waals surface area contributed by atoms with Crippen molar-refractivity contribution < 1.29 is 19.1 Å².